The van der Waals surface area contributed by atoms with E-state index < -0.39 is 15.8 Å². The summed E-state index contributed by atoms with van der Waals surface area (Å²) in [4.78, 5) is 5.36. The Morgan fingerprint density at radius 1 is 0.851 bits per heavy atom. The summed E-state index contributed by atoms with van der Waals surface area (Å²) in [5.74, 6) is -0.491. The number of aromatic nitrogens is 1. The number of hydrogen-bond acceptors (Lipinski definition) is 6. The van der Waals surface area contributed by atoms with Gasteiger partial charge < -0.3 is 4.90 Å². The van der Waals surface area contributed by atoms with Gasteiger partial charge in [-0.3, -0.25) is 4.90 Å². The molecule has 0 spiro atoms. The molecule has 0 N–H and O–H groups in total. The van der Waals surface area contributed by atoms with Crippen LogP contribution in [0.25, 0.3) is 44.4 Å². The largest absolute Gasteiger partial charge is 0.304 e. The maximum atomic E-state index is 14.9. The number of hydrogen-bond donors (Lipinski definition) is 0. The molecule has 47 heavy (non-hydrogen) atoms. The lowest BCUT2D eigenvalue weighted by Gasteiger charge is -2.32. The van der Waals surface area contributed by atoms with E-state index in [1.807, 2.05) is 31.2 Å². The van der Waals surface area contributed by atoms with Gasteiger partial charge in [0.15, 0.2) is 0 Å². The number of likely N-dealkylation sites (N-methyl/N-ethyl adjacent to an activating group) is 1. The Morgan fingerprint density at radius 2 is 1.57 bits per heavy atom. The van der Waals surface area contributed by atoms with Crippen LogP contribution in [-0.4, -0.2) is 55.4 Å². The average molecular weight is 661 g/mol. The highest BCUT2D eigenvalue weighted by molar-refractivity contribution is 7.90. The predicted molar refractivity (Wildman–Crippen MR) is 187 cm³/mol. The molecule has 4 aromatic carbocycles. The first-order valence-electron chi connectivity index (χ1n) is 15.5. The molecule has 0 bridgehead atoms. The Labute approximate surface area is 278 Å². The van der Waals surface area contributed by atoms with Gasteiger partial charge in [-0.25, -0.2) is 16.8 Å². The van der Waals surface area contributed by atoms with E-state index in [0.29, 0.717) is 38.2 Å². The zero-order valence-electron chi connectivity index (χ0n) is 26.2. The monoisotopic (exact) mass is 660 g/mol. The fourth-order valence-corrected chi connectivity index (χ4v) is 8.58. The fraction of sp³-hybridized carbons (Fsp3) is 0.184. The number of nitrogens with zero attached hydrogens (tertiary/aromatic N) is 4. The second-order valence-electron chi connectivity index (χ2n) is 12.1. The van der Waals surface area contributed by atoms with Crippen molar-refractivity contribution in [3.63, 3.8) is 0 Å². The van der Waals surface area contributed by atoms with Crippen molar-refractivity contribution in [3.05, 3.63) is 124 Å². The maximum Gasteiger partial charge on any atom is 0.268 e. The summed E-state index contributed by atoms with van der Waals surface area (Å²) in [6.45, 7) is 7.02. The number of rotatable bonds is 7. The highest BCUT2D eigenvalue weighted by atomic mass is 32.2. The SMILES string of the molecule is Cc1ccc(S(=O)(=O)n2c(-c3cccc(-c4ccc(CN5CCN(C)CC5)cc4)c3)c(-c3ccsc3C#N)c3cc(F)ccc32)cc1. The van der Waals surface area contributed by atoms with Crippen LogP contribution in [0.3, 0.4) is 0 Å². The molecule has 9 heteroatoms. The third-order valence-electron chi connectivity index (χ3n) is 8.91. The Balaban J connectivity index is 1.40. The Morgan fingerprint density at radius 3 is 2.30 bits per heavy atom. The van der Waals surface area contributed by atoms with Crippen LogP contribution in [0.1, 0.15) is 16.0 Å². The van der Waals surface area contributed by atoms with Crippen molar-refractivity contribution in [2.45, 2.75) is 18.4 Å². The Hall–Kier alpha value is -4.59. The summed E-state index contributed by atoms with van der Waals surface area (Å²) in [6.07, 6.45) is 0. The predicted octanol–water partition coefficient (Wildman–Crippen LogP) is 8.01. The minimum Gasteiger partial charge on any atom is -0.304 e. The summed E-state index contributed by atoms with van der Waals surface area (Å²) >= 11 is 1.27. The zero-order chi connectivity index (χ0) is 32.7. The van der Waals surface area contributed by atoms with Gasteiger partial charge in [-0.15, -0.1) is 11.3 Å². The zero-order valence-corrected chi connectivity index (χ0v) is 27.8. The van der Waals surface area contributed by atoms with Crippen molar-refractivity contribution in [3.8, 4) is 39.6 Å². The number of nitriles is 1. The first-order valence-corrected chi connectivity index (χ1v) is 17.8. The highest BCUT2D eigenvalue weighted by Gasteiger charge is 2.30. The molecule has 6 aromatic rings. The molecular formula is C38H33FN4O2S2. The molecule has 6 nitrogen and oxygen atoms in total. The second kappa shape index (κ2) is 12.5. The molecular weight excluding hydrogens is 628 g/mol. The van der Waals surface area contributed by atoms with E-state index in [9.17, 15) is 18.1 Å². The third-order valence-corrected chi connectivity index (χ3v) is 11.5. The van der Waals surface area contributed by atoms with Crippen molar-refractivity contribution < 1.29 is 12.8 Å². The van der Waals surface area contributed by atoms with Crippen molar-refractivity contribution in [1.29, 1.82) is 5.26 Å². The standard InChI is InChI=1S/C38H33FN4O2S2/c1-26-6-13-32(14-7-26)47(44,45)43-35-15-12-31(39)23-34(35)37(33-16-21-46-36(33)24-40)38(43)30-5-3-4-29(22-30)28-10-8-27(9-11-28)25-42-19-17-41(2)18-20-42/h3-16,21-23H,17-20,25H2,1-2H3. The van der Waals surface area contributed by atoms with Gasteiger partial charge in [-0.2, -0.15) is 5.26 Å². The van der Waals surface area contributed by atoms with Gasteiger partial charge >= 0.3 is 0 Å². The fourth-order valence-electron chi connectivity index (χ4n) is 6.34. The van der Waals surface area contributed by atoms with Crippen molar-refractivity contribution in [1.82, 2.24) is 13.8 Å². The lowest BCUT2D eigenvalue weighted by molar-refractivity contribution is 0.148. The van der Waals surface area contributed by atoms with Crippen LogP contribution in [0.4, 0.5) is 4.39 Å². The van der Waals surface area contributed by atoms with Crippen LogP contribution in [0.15, 0.2) is 107 Å². The topological polar surface area (TPSA) is 69.3 Å². The van der Waals surface area contributed by atoms with E-state index in [-0.39, 0.29) is 4.90 Å². The van der Waals surface area contributed by atoms with E-state index >= 15 is 0 Å². The van der Waals surface area contributed by atoms with Crippen molar-refractivity contribution in [2.75, 3.05) is 33.2 Å². The minimum atomic E-state index is -4.16. The maximum absolute atomic E-state index is 14.9. The summed E-state index contributed by atoms with van der Waals surface area (Å²) in [6, 6.07) is 31.2. The molecule has 0 radical (unpaired) electrons. The summed E-state index contributed by atoms with van der Waals surface area (Å²) in [5.41, 5.74) is 6.53. The van der Waals surface area contributed by atoms with Crippen molar-refractivity contribution in [2.24, 2.45) is 0 Å². The lowest BCUT2D eigenvalue weighted by atomic mass is 9.96. The lowest BCUT2D eigenvalue weighted by Crippen LogP contribution is -2.43. The second-order valence-corrected chi connectivity index (χ2v) is 14.8. The van der Waals surface area contributed by atoms with E-state index in [4.69, 9.17) is 0 Å². The highest BCUT2D eigenvalue weighted by Crippen LogP contribution is 2.45. The molecule has 2 aromatic heterocycles. The van der Waals surface area contributed by atoms with Gasteiger partial charge in [0.1, 0.15) is 16.8 Å². The van der Waals surface area contributed by atoms with Gasteiger partial charge in [-0.1, -0.05) is 60.2 Å². The normalized spacial score (nSPS) is 14.4. The van der Waals surface area contributed by atoms with Gasteiger partial charge in [0.25, 0.3) is 10.0 Å². The smallest absolute Gasteiger partial charge is 0.268 e. The van der Waals surface area contributed by atoms with E-state index in [0.717, 1.165) is 49.4 Å². The number of halogens is 1. The van der Waals surface area contributed by atoms with Crippen molar-refractivity contribution >= 4 is 32.3 Å². The summed E-state index contributed by atoms with van der Waals surface area (Å²) in [7, 11) is -2.00. The molecule has 1 aliphatic rings. The van der Waals surface area contributed by atoms with E-state index in [2.05, 4.69) is 47.2 Å². The molecule has 1 saturated heterocycles. The molecule has 3 heterocycles. The van der Waals surface area contributed by atoms with Crippen LogP contribution in [0.5, 0.6) is 0 Å². The molecule has 0 unspecified atom stereocenters. The first-order chi connectivity index (χ1) is 22.7. The van der Waals surface area contributed by atoms with E-state index in [1.165, 1.54) is 39.1 Å². The van der Waals surface area contributed by atoms with Crippen LogP contribution in [0, 0.1) is 24.1 Å². The molecule has 0 atom stereocenters. The summed E-state index contributed by atoms with van der Waals surface area (Å²) in [5, 5.41) is 12.2. The summed E-state index contributed by atoms with van der Waals surface area (Å²) < 4.78 is 45.3. The number of aryl methyl sites for hydroxylation is 1. The van der Waals surface area contributed by atoms with Crippen LogP contribution in [0.2, 0.25) is 0 Å². The molecule has 7 rings (SSSR count). The van der Waals surface area contributed by atoms with Gasteiger partial charge in [0.2, 0.25) is 0 Å². The van der Waals surface area contributed by atoms with Crippen LogP contribution in [-0.2, 0) is 16.6 Å². The Kier molecular flexibility index (Phi) is 8.28. The number of thiophene rings is 1. The van der Waals surface area contributed by atoms with E-state index in [1.54, 1.807) is 35.7 Å². The minimum absolute atomic E-state index is 0.120. The number of fused-ring (bicyclic) bond motifs is 1. The Bertz CT molecular complexity index is 2240. The molecule has 0 amide bonds. The molecule has 1 fully saturated rings. The van der Waals surface area contributed by atoms with Gasteiger partial charge in [-0.05, 0) is 78.5 Å². The van der Waals surface area contributed by atoms with Gasteiger partial charge in [0.05, 0.1) is 16.1 Å². The number of benzene rings is 4. The molecule has 236 valence electrons. The molecule has 0 saturated carbocycles. The average Bonchev–Trinajstić information content (AvgIpc) is 3.68. The van der Waals surface area contributed by atoms with Crippen LogP contribution >= 0.6 is 11.3 Å². The van der Waals surface area contributed by atoms with Crippen LogP contribution < -0.4 is 0 Å². The van der Waals surface area contributed by atoms with Gasteiger partial charge in [0, 0.05) is 54.8 Å². The quantitative estimate of drug-likeness (QED) is 0.174. The third kappa shape index (κ3) is 5.90. The first kappa shape index (κ1) is 31.0. The molecule has 0 aliphatic carbocycles. The molecule has 1 aliphatic heterocycles. The number of piperazine rings is 1.